The summed E-state index contributed by atoms with van der Waals surface area (Å²) in [5.41, 5.74) is 4.83. The molecule has 5 nitrogen and oxygen atoms in total. The van der Waals surface area contributed by atoms with Gasteiger partial charge < -0.3 is 13.9 Å². The Kier molecular flexibility index (Phi) is 8.44. The summed E-state index contributed by atoms with van der Waals surface area (Å²) in [7, 11) is 0. The summed E-state index contributed by atoms with van der Waals surface area (Å²) < 4.78 is 169. The fraction of sp³-hybridized carbons (Fsp3) is 0.130. The third kappa shape index (κ3) is 9.32. The van der Waals surface area contributed by atoms with E-state index in [1.54, 1.807) is 56.2 Å². The number of ether oxygens (including phenoxy) is 1. The summed E-state index contributed by atoms with van der Waals surface area (Å²) in [6, 6.07) is 32.3. The van der Waals surface area contributed by atoms with Crippen LogP contribution in [-0.4, -0.2) is 14.1 Å². The molecule has 6 heteroatoms. The summed E-state index contributed by atoms with van der Waals surface area (Å²) in [5, 5.41) is 1.46. The largest absolute Gasteiger partial charge is 0.510 e. The van der Waals surface area contributed by atoms with Crippen LogP contribution in [0.4, 0.5) is 0 Å². The molecule has 3 aromatic heterocycles. The van der Waals surface area contributed by atoms with Crippen molar-refractivity contribution >= 4 is 32.8 Å². The Labute approximate surface area is 479 Å². The molecule has 0 saturated heterocycles. The van der Waals surface area contributed by atoms with Crippen LogP contribution in [0.1, 0.15) is 82.9 Å². The maximum Gasteiger partial charge on any atom is 0.268 e. The second-order valence-electron chi connectivity index (χ2n) is 20.0. The van der Waals surface area contributed by atoms with Gasteiger partial charge in [0, 0.05) is 54.0 Å². The fourth-order valence-corrected chi connectivity index (χ4v) is 9.32. The van der Waals surface area contributed by atoms with E-state index in [0.717, 1.165) is 27.6 Å². The van der Waals surface area contributed by atoms with Crippen LogP contribution in [0.5, 0.6) is 11.5 Å². The number of fused-ring (bicyclic) bond motifs is 4. The molecule has 12 rings (SSSR count). The van der Waals surface area contributed by atoms with E-state index in [-0.39, 0.29) is 93.8 Å². The number of imidazole rings is 1. The van der Waals surface area contributed by atoms with Gasteiger partial charge in [-0.3, -0.25) is 4.57 Å². The molecule has 0 spiro atoms. The second-order valence-corrected chi connectivity index (χ2v) is 20.0. The molecule has 0 aliphatic rings. The van der Waals surface area contributed by atoms with Gasteiger partial charge in [-0.05, 0) is 103 Å². The van der Waals surface area contributed by atoms with E-state index < -0.39 is 97.5 Å². The predicted octanol–water partition coefficient (Wildman–Crippen LogP) is 17.2. The van der Waals surface area contributed by atoms with E-state index in [9.17, 15) is 5.48 Å². The Bertz CT molecular complexity index is 4910. The van der Waals surface area contributed by atoms with Crippen LogP contribution in [0.2, 0.25) is 0 Å². The van der Waals surface area contributed by atoms with Gasteiger partial charge in [0.2, 0.25) is 0 Å². The van der Waals surface area contributed by atoms with Crippen molar-refractivity contribution in [1.82, 2.24) is 14.1 Å². The van der Waals surface area contributed by atoms with Crippen molar-refractivity contribution in [3.05, 3.63) is 247 Å². The van der Waals surface area contributed by atoms with Crippen LogP contribution in [0, 0.1) is 25.3 Å². The molecule has 0 fully saturated rings. The molecule has 0 saturated carbocycles. The zero-order chi connectivity index (χ0) is 66.3. The van der Waals surface area contributed by atoms with Crippen molar-refractivity contribution in [3.8, 4) is 73.2 Å². The molecule has 370 valence electrons. The standard InChI is InChI=1S/C69H56N4O.Pt/c1-46-37-66(70-44-61(46)49-25-15-10-16-26-49)73-62-32-18-17-29-59(62)60-35-34-56(43-64(60)73)74-55-28-19-27-54(42-55)71-45-72(67-57(47-21-11-8-12-22-47)30-20-31-58(67)48-23-13-9-14-24-48)63-36-33-50(40-65(63)71)51-38-52(68(2,3)4)41-53(39-51)69(5,6)7;/h8-41,44H,1-7H3;/q-2;/i1D3,8D,9D,10D,11D,12D,13D,14D,15D,16D,21D,22D,23D,24D,25D,26D;. The number of hydrogen-bond donors (Lipinski definition) is 0. The minimum atomic E-state index is -2.84. The Hall–Kier alpha value is -8.11. The van der Waals surface area contributed by atoms with Crippen LogP contribution in [0.25, 0.3) is 94.5 Å². The van der Waals surface area contributed by atoms with Crippen molar-refractivity contribution in [2.45, 2.75) is 59.2 Å². The number of rotatable bonds is 9. The van der Waals surface area contributed by atoms with Crippen LogP contribution in [0.3, 0.4) is 0 Å². The van der Waals surface area contributed by atoms with Crippen LogP contribution >= 0.6 is 0 Å². The Morgan fingerprint density at radius 3 is 1.80 bits per heavy atom. The van der Waals surface area contributed by atoms with Gasteiger partial charge in [0.25, 0.3) is 6.33 Å². The summed E-state index contributed by atoms with van der Waals surface area (Å²) >= 11 is 0. The summed E-state index contributed by atoms with van der Waals surface area (Å²) in [6.45, 7) is 10.1. The first-order valence-corrected chi connectivity index (χ1v) is 24.0. The van der Waals surface area contributed by atoms with Gasteiger partial charge >= 0.3 is 0 Å². The molecule has 9 aromatic carbocycles. The molecule has 75 heavy (non-hydrogen) atoms. The first-order chi connectivity index (χ1) is 43.3. The number of nitrogens with zero attached hydrogens (tertiary/aromatic N) is 4. The molecule has 0 atom stereocenters. The summed E-state index contributed by atoms with van der Waals surface area (Å²) in [5.74, 6) is 0.520. The third-order valence-corrected chi connectivity index (χ3v) is 13.1. The maximum absolute atomic E-state index is 9.25. The fourth-order valence-electron chi connectivity index (χ4n) is 9.32. The third-order valence-electron chi connectivity index (χ3n) is 13.1. The number of aryl methyl sites for hydroxylation is 1. The zero-order valence-corrected chi connectivity index (χ0v) is 43.8. The van der Waals surface area contributed by atoms with E-state index in [0.29, 0.717) is 33.1 Å². The molecule has 3 heterocycles. The Balaban J connectivity index is 0.00000884. The van der Waals surface area contributed by atoms with Gasteiger partial charge in [0.05, 0.1) is 37.3 Å². The number of aromatic nitrogens is 4. The van der Waals surface area contributed by atoms with Gasteiger partial charge in [-0.25, -0.2) is 4.98 Å². The average Bonchev–Trinajstić information content (AvgIpc) is 1.71. The Morgan fingerprint density at radius 2 is 1.16 bits per heavy atom. The number of para-hydroxylation sites is 2. The minimum Gasteiger partial charge on any atom is -0.510 e. The van der Waals surface area contributed by atoms with E-state index in [1.807, 2.05) is 48.5 Å². The molecule has 0 radical (unpaired) electrons. The monoisotopic (exact) mass is 1170 g/mol. The molecular formula is C69H56N4OPt-2. The maximum atomic E-state index is 9.25. The van der Waals surface area contributed by atoms with E-state index in [4.69, 9.17) is 28.9 Å². The second kappa shape index (κ2) is 19.6. The van der Waals surface area contributed by atoms with E-state index in [2.05, 4.69) is 78.2 Å². The smallest absolute Gasteiger partial charge is 0.268 e. The zero-order valence-electron chi connectivity index (χ0n) is 59.6. The molecule has 0 unspecified atom stereocenters. The summed E-state index contributed by atoms with van der Waals surface area (Å²) in [6.07, 6.45) is 4.69. The van der Waals surface area contributed by atoms with Gasteiger partial charge in [0.1, 0.15) is 5.82 Å². The SMILES string of the molecule is [2H]c1c([2H])c([2H])c(-c2cnc(-n3c4[c-]c(Oc5[c-]c(-n6[c-][n+](-c7c(-c8c([2H])c([2H])c([2H])c([2H])c8[2H])cccc7-c7c([2H])c([2H])c([2H])c([2H])c7[2H])c7ccc(-c8cc(C(C)(C)C)cc(C(C)(C)C)c8)cc76)ccc5)ccc4c4ccccc43)cc2C([2H])([2H])[2H])c([2H])c1[2H].[Pt]. The van der Waals surface area contributed by atoms with Crippen molar-refractivity contribution in [2.75, 3.05) is 0 Å². The molecular weight excluding hydrogens is 1100 g/mol. The molecule has 0 aliphatic carbocycles. The number of benzene rings is 9. The number of hydrogen-bond acceptors (Lipinski definition) is 2. The first-order valence-electron chi connectivity index (χ1n) is 33.0. The molecule has 0 N–H and O–H groups in total. The van der Waals surface area contributed by atoms with Crippen molar-refractivity contribution in [2.24, 2.45) is 0 Å². The van der Waals surface area contributed by atoms with Crippen molar-refractivity contribution < 1.29 is 55.0 Å². The average molecular weight is 1170 g/mol. The quantitative estimate of drug-likeness (QED) is 0.107. The summed E-state index contributed by atoms with van der Waals surface area (Å²) in [4.78, 5) is 4.70. The van der Waals surface area contributed by atoms with Gasteiger partial charge in [-0.15, -0.1) is 29.7 Å². The minimum absolute atomic E-state index is 0. The number of pyridine rings is 1. The van der Waals surface area contributed by atoms with Crippen LogP contribution in [-0.2, 0) is 31.9 Å². The van der Waals surface area contributed by atoms with Crippen molar-refractivity contribution in [1.29, 1.82) is 0 Å². The normalized spacial score (nSPS) is 15.4. The van der Waals surface area contributed by atoms with Crippen LogP contribution in [0.15, 0.2) is 212 Å². The molecule has 0 aliphatic heterocycles. The van der Waals surface area contributed by atoms with Gasteiger partial charge in [-0.1, -0.05) is 204 Å². The van der Waals surface area contributed by atoms with Crippen LogP contribution < -0.4 is 9.30 Å². The predicted molar refractivity (Wildman–Crippen MR) is 304 cm³/mol. The van der Waals surface area contributed by atoms with Gasteiger partial charge in [0.15, 0.2) is 0 Å². The van der Waals surface area contributed by atoms with E-state index >= 15 is 0 Å². The Morgan fingerprint density at radius 1 is 0.547 bits per heavy atom. The van der Waals surface area contributed by atoms with Gasteiger partial charge in [-0.2, -0.15) is 18.2 Å². The van der Waals surface area contributed by atoms with E-state index in [1.165, 1.54) is 12.3 Å². The topological polar surface area (TPSA) is 35.9 Å². The molecule has 0 amide bonds. The van der Waals surface area contributed by atoms with Crippen molar-refractivity contribution in [3.63, 3.8) is 0 Å². The molecule has 12 aromatic rings. The first kappa shape index (κ1) is 32.3. The molecule has 0 bridgehead atoms.